The average Bonchev–Trinajstić information content (AvgIpc) is 3.24. The van der Waals surface area contributed by atoms with Crippen LogP contribution in [0.1, 0.15) is 86.2 Å². The van der Waals surface area contributed by atoms with Crippen molar-refractivity contribution < 1.29 is 32.1 Å². The van der Waals surface area contributed by atoms with E-state index in [2.05, 4.69) is 27.6 Å². The van der Waals surface area contributed by atoms with E-state index in [0.29, 0.717) is 50.3 Å². The number of aryl methyl sites for hydroxylation is 1. The van der Waals surface area contributed by atoms with Gasteiger partial charge in [0.05, 0.1) is 28.1 Å². The zero-order valence-electron chi connectivity index (χ0n) is 29.9. The number of rotatable bonds is 4. The first-order valence-electron chi connectivity index (χ1n) is 18.8. The Bertz CT molecular complexity index is 1810. The third-order valence-corrected chi connectivity index (χ3v) is 14.6. The van der Waals surface area contributed by atoms with Crippen LogP contribution >= 0.6 is 11.6 Å². The van der Waals surface area contributed by atoms with Crippen molar-refractivity contribution in [1.82, 2.24) is 9.62 Å². The average molecular weight is 758 g/mol. The molecule has 0 aromatic heterocycles. The van der Waals surface area contributed by atoms with Crippen molar-refractivity contribution in [3.05, 3.63) is 70.3 Å². The smallest absolute Gasteiger partial charge is 0.262 e. The number of halogens is 3. The number of amides is 2. The molecule has 3 heterocycles. The highest BCUT2D eigenvalue weighted by molar-refractivity contribution is 7.99. The number of carbonyl (C=O) groups is 2. The van der Waals surface area contributed by atoms with Gasteiger partial charge in [0, 0.05) is 60.3 Å². The number of anilines is 1. The van der Waals surface area contributed by atoms with Gasteiger partial charge in [0.1, 0.15) is 12.4 Å². The molecular weight excluding hydrogens is 708 g/mol. The van der Waals surface area contributed by atoms with Crippen LogP contribution in [0.4, 0.5) is 14.5 Å². The van der Waals surface area contributed by atoms with E-state index in [1.807, 2.05) is 37.3 Å². The second kappa shape index (κ2) is 14.9. The van der Waals surface area contributed by atoms with Gasteiger partial charge in [-0.15, -0.1) is 0 Å². The number of alkyl halides is 2. The molecule has 282 valence electrons. The van der Waals surface area contributed by atoms with Gasteiger partial charge in [-0.05, 0) is 111 Å². The molecule has 1 N–H and O–H groups in total. The maximum atomic E-state index is 13.9. The standard InChI is InChI=1S/C40H50ClF2N3O5S/c1-3-31-8-4-5-9-35(50-24-37(47)45-19-17-40(42,43)18-20-45)32-13-10-29(32)23-46-25-39(16-6-7-27-21-30(41)12-14-33(27)39)26-51-36-15-11-28(22-34(36)46)38(48)44-52(31,2)49/h5,9,11-12,14-15,21-22,29,31-32,35H,2-4,6-8,10,13,16-20,23-26H2,1H3,(H,44,48,49)/b9-5+/t29-,31+,32+,35-,39-,52?/m0/s1. The van der Waals surface area contributed by atoms with Gasteiger partial charge in [0.15, 0.2) is 0 Å². The zero-order chi connectivity index (χ0) is 36.7. The Morgan fingerprint density at radius 2 is 1.94 bits per heavy atom. The summed E-state index contributed by atoms with van der Waals surface area (Å²) in [6.07, 6.45) is 9.54. The second-order valence-corrected chi connectivity index (χ2v) is 18.3. The molecule has 6 atom stereocenters. The number of hydrogen-bond acceptors (Lipinski definition) is 6. The number of piperidine rings is 1. The molecular formula is C40H50ClF2N3O5S. The van der Waals surface area contributed by atoms with Crippen LogP contribution in [0.2, 0.25) is 5.02 Å². The van der Waals surface area contributed by atoms with Crippen molar-refractivity contribution in [2.24, 2.45) is 11.8 Å². The molecule has 3 aliphatic heterocycles. The second-order valence-electron chi connectivity index (χ2n) is 15.5. The van der Waals surface area contributed by atoms with Gasteiger partial charge < -0.3 is 19.3 Å². The lowest BCUT2D eigenvalue weighted by atomic mass is 9.68. The minimum atomic E-state index is -2.99. The number of likely N-dealkylation sites (tertiary alicyclic amines) is 1. The van der Waals surface area contributed by atoms with Crippen molar-refractivity contribution in [1.29, 1.82) is 0 Å². The van der Waals surface area contributed by atoms with Crippen LogP contribution in [-0.4, -0.2) is 83.5 Å². The lowest BCUT2D eigenvalue weighted by Gasteiger charge is -2.46. The van der Waals surface area contributed by atoms with E-state index < -0.39 is 21.5 Å². The molecule has 52 heavy (non-hydrogen) atoms. The number of nitrogens with zero attached hydrogens (tertiary/aromatic N) is 2. The van der Waals surface area contributed by atoms with Crippen molar-refractivity contribution in [3.63, 3.8) is 0 Å². The normalized spacial score (nSPS) is 32.3. The van der Waals surface area contributed by atoms with Crippen molar-refractivity contribution in [3.8, 4) is 5.75 Å². The van der Waals surface area contributed by atoms with Crippen LogP contribution in [0.3, 0.4) is 0 Å². The number of fused-ring (bicyclic) bond motifs is 4. The fourth-order valence-corrected chi connectivity index (χ4v) is 10.8. The van der Waals surface area contributed by atoms with E-state index in [-0.39, 0.29) is 67.0 Å². The SMILES string of the molecule is C=S1(=O)NC(=O)c2ccc3c(c2)N(C[C@@H]2CC[C@H]2[C@@H](OCC(=O)N2CCC(F)(F)CC2)/C=C/CC[C@H]1CC)C[C@@]1(CCCc2cc(Cl)ccc21)CO3. The van der Waals surface area contributed by atoms with Crippen LogP contribution < -0.4 is 14.4 Å². The predicted octanol–water partition coefficient (Wildman–Crippen LogP) is 6.97. The number of nitrogens with one attached hydrogen (secondary N) is 1. The molecule has 7 rings (SSSR count). The molecule has 2 aliphatic carbocycles. The van der Waals surface area contributed by atoms with Crippen molar-refractivity contribution in [2.75, 3.05) is 44.3 Å². The highest BCUT2D eigenvalue weighted by Crippen LogP contribution is 2.47. The minimum absolute atomic E-state index is 0.0243. The Balaban J connectivity index is 1.22. The van der Waals surface area contributed by atoms with Gasteiger partial charge in [0.25, 0.3) is 11.8 Å². The van der Waals surface area contributed by atoms with Crippen LogP contribution in [0.5, 0.6) is 5.75 Å². The van der Waals surface area contributed by atoms with Crippen LogP contribution in [0.15, 0.2) is 48.6 Å². The molecule has 8 nitrogen and oxygen atoms in total. The monoisotopic (exact) mass is 757 g/mol. The Morgan fingerprint density at radius 1 is 1.13 bits per heavy atom. The maximum Gasteiger partial charge on any atom is 0.262 e. The molecule has 1 spiro atoms. The fraction of sp³-hybridized carbons (Fsp3) is 0.575. The number of allylic oxidation sites excluding steroid dienone is 1. The van der Waals surface area contributed by atoms with E-state index in [4.69, 9.17) is 21.1 Å². The molecule has 2 fully saturated rings. The number of ether oxygens (including phenoxy) is 2. The predicted molar refractivity (Wildman–Crippen MR) is 202 cm³/mol. The summed E-state index contributed by atoms with van der Waals surface area (Å²) in [5.74, 6) is 1.61. The number of benzene rings is 2. The van der Waals surface area contributed by atoms with Gasteiger partial charge in [-0.3, -0.25) is 14.3 Å². The summed E-state index contributed by atoms with van der Waals surface area (Å²) >= 11 is 6.46. The van der Waals surface area contributed by atoms with Gasteiger partial charge >= 0.3 is 0 Å². The minimum Gasteiger partial charge on any atom is -0.490 e. The number of carbonyl (C=O) groups excluding carboxylic acids is 2. The Morgan fingerprint density at radius 3 is 2.69 bits per heavy atom. The van der Waals surface area contributed by atoms with Gasteiger partial charge in [-0.1, -0.05) is 36.7 Å². The molecule has 1 saturated heterocycles. The van der Waals surface area contributed by atoms with Gasteiger partial charge in [-0.2, -0.15) is 0 Å². The summed E-state index contributed by atoms with van der Waals surface area (Å²) in [6.45, 7) is 3.66. The summed E-state index contributed by atoms with van der Waals surface area (Å²) in [5, 5.41) is 0.374. The molecule has 5 aliphatic rings. The molecule has 2 aromatic carbocycles. The third kappa shape index (κ3) is 7.73. The van der Waals surface area contributed by atoms with E-state index in [1.165, 1.54) is 16.0 Å². The number of hydrogen-bond donors (Lipinski definition) is 1. The van der Waals surface area contributed by atoms with Crippen molar-refractivity contribution >= 4 is 44.7 Å². The lowest BCUT2D eigenvalue weighted by Crippen LogP contribution is -2.50. The summed E-state index contributed by atoms with van der Waals surface area (Å²) in [4.78, 5) is 30.7. The first kappa shape index (κ1) is 37.2. The molecule has 12 heteroatoms. The van der Waals surface area contributed by atoms with Crippen LogP contribution in [-0.2, 0) is 31.1 Å². The first-order chi connectivity index (χ1) is 24.9. The summed E-state index contributed by atoms with van der Waals surface area (Å²) in [5.41, 5.74) is 3.39. The van der Waals surface area contributed by atoms with E-state index >= 15 is 0 Å². The summed E-state index contributed by atoms with van der Waals surface area (Å²) in [7, 11) is -2.99. The van der Waals surface area contributed by atoms with E-state index in [1.54, 1.807) is 6.07 Å². The van der Waals surface area contributed by atoms with E-state index in [9.17, 15) is 22.6 Å². The van der Waals surface area contributed by atoms with Crippen LogP contribution in [0, 0.1) is 11.8 Å². The Hall–Kier alpha value is -3.15. The highest BCUT2D eigenvalue weighted by atomic mass is 35.5. The van der Waals surface area contributed by atoms with Gasteiger partial charge in [0.2, 0.25) is 5.91 Å². The molecule has 2 bridgehead atoms. The maximum absolute atomic E-state index is 13.9. The largest absolute Gasteiger partial charge is 0.490 e. The van der Waals surface area contributed by atoms with E-state index in [0.717, 1.165) is 42.8 Å². The van der Waals surface area contributed by atoms with Crippen LogP contribution in [0.25, 0.3) is 0 Å². The summed E-state index contributed by atoms with van der Waals surface area (Å²) in [6, 6.07) is 11.6. The molecule has 0 radical (unpaired) electrons. The Labute approximate surface area is 311 Å². The molecule has 1 unspecified atom stereocenters. The van der Waals surface area contributed by atoms with Crippen molar-refractivity contribution in [2.45, 2.75) is 93.8 Å². The summed E-state index contributed by atoms with van der Waals surface area (Å²) < 4.78 is 57.3. The zero-order valence-corrected chi connectivity index (χ0v) is 31.5. The lowest BCUT2D eigenvalue weighted by molar-refractivity contribution is -0.145. The third-order valence-electron chi connectivity index (χ3n) is 12.1. The quantitative estimate of drug-likeness (QED) is 0.268. The molecule has 2 amide bonds. The Kier molecular flexibility index (Phi) is 10.7. The first-order valence-corrected chi connectivity index (χ1v) is 21.0. The fourth-order valence-electron chi connectivity index (χ4n) is 8.93. The molecule has 2 aromatic rings. The highest BCUT2D eigenvalue weighted by Gasteiger charge is 2.45. The topological polar surface area (TPSA) is 88.2 Å². The van der Waals surface area contributed by atoms with Gasteiger partial charge in [-0.25, -0.2) is 13.0 Å². The molecule has 1 saturated carbocycles.